The van der Waals surface area contributed by atoms with Gasteiger partial charge in [0.1, 0.15) is 0 Å². The second kappa shape index (κ2) is 5.68. The lowest BCUT2D eigenvalue weighted by Crippen LogP contribution is -2.32. The molecule has 0 spiro atoms. The summed E-state index contributed by atoms with van der Waals surface area (Å²) >= 11 is 0. The minimum atomic E-state index is -0.0788. The summed E-state index contributed by atoms with van der Waals surface area (Å²) in [7, 11) is 0. The lowest BCUT2D eigenvalue weighted by Gasteiger charge is -2.37. The second-order valence-electron chi connectivity index (χ2n) is 5.54. The summed E-state index contributed by atoms with van der Waals surface area (Å²) in [6, 6.07) is 10.8. The first-order chi connectivity index (χ1) is 8.22. The zero-order valence-electron chi connectivity index (χ0n) is 11.0. The molecule has 1 fully saturated rings. The summed E-state index contributed by atoms with van der Waals surface area (Å²) in [6.07, 6.45) is 4.35. The van der Waals surface area contributed by atoms with Gasteiger partial charge in [0.25, 0.3) is 0 Å². The van der Waals surface area contributed by atoms with Crippen LogP contribution < -0.4 is 0 Å². The Labute approximate surface area is 105 Å². The van der Waals surface area contributed by atoms with Crippen LogP contribution in [0.25, 0.3) is 0 Å². The Kier molecular flexibility index (Phi) is 4.22. The van der Waals surface area contributed by atoms with Crippen LogP contribution in [0.1, 0.15) is 51.0 Å². The molecule has 1 N–H and O–H groups in total. The van der Waals surface area contributed by atoms with Crippen molar-refractivity contribution in [1.82, 2.24) is 0 Å². The Bertz CT molecular complexity index is 329. The molecular weight excluding hydrogens is 208 g/mol. The quantitative estimate of drug-likeness (QED) is 0.836. The number of hydrogen-bond donors (Lipinski definition) is 1. The first kappa shape index (κ1) is 12.6. The molecule has 1 aromatic rings. The summed E-state index contributed by atoms with van der Waals surface area (Å²) in [5.74, 6) is 1.77. The van der Waals surface area contributed by atoms with Crippen molar-refractivity contribution in [2.75, 3.05) is 0 Å². The normalized spacial score (nSPS) is 31.1. The minimum Gasteiger partial charge on any atom is -0.393 e. The highest BCUT2D eigenvalue weighted by molar-refractivity contribution is 5.20. The van der Waals surface area contributed by atoms with Gasteiger partial charge in [-0.1, -0.05) is 50.6 Å². The number of benzene rings is 1. The molecule has 1 aliphatic rings. The van der Waals surface area contributed by atoms with Gasteiger partial charge < -0.3 is 5.11 Å². The fourth-order valence-corrected chi connectivity index (χ4v) is 3.13. The third-order valence-electron chi connectivity index (χ3n) is 4.51. The van der Waals surface area contributed by atoms with E-state index < -0.39 is 0 Å². The molecule has 4 atom stereocenters. The molecule has 0 aromatic heterocycles. The lowest BCUT2D eigenvalue weighted by atomic mass is 9.71. The first-order valence-electron chi connectivity index (χ1n) is 6.95. The minimum absolute atomic E-state index is 0.0788. The van der Waals surface area contributed by atoms with Crippen LogP contribution in [0.15, 0.2) is 30.3 Å². The van der Waals surface area contributed by atoms with Crippen LogP contribution in [0.3, 0.4) is 0 Å². The van der Waals surface area contributed by atoms with Crippen LogP contribution in [0.5, 0.6) is 0 Å². The summed E-state index contributed by atoms with van der Waals surface area (Å²) in [5.41, 5.74) is 1.45. The fourth-order valence-electron chi connectivity index (χ4n) is 3.13. The maximum absolute atomic E-state index is 10.1. The van der Waals surface area contributed by atoms with Crippen LogP contribution >= 0.6 is 0 Å². The Hall–Kier alpha value is -0.820. The molecule has 1 heteroatoms. The van der Waals surface area contributed by atoms with E-state index in [1.807, 2.05) is 0 Å². The van der Waals surface area contributed by atoms with Gasteiger partial charge in [0.15, 0.2) is 0 Å². The molecule has 17 heavy (non-hydrogen) atoms. The van der Waals surface area contributed by atoms with Gasteiger partial charge in [-0.2, -0.15) is 0 Å². The van der Waals surface area contributed by atoms with Crippen LogP contribution in [0, 0.1) is 11.8 Å². The van der Waals surface area contributed by atoms with E-state index in [1.165, 1.54) is 12.0 Å². The van der Waals surface area contributed by atoms with Crippen molar-refractivity contribution in [3.05, 3.63) is 35.9 Å². The molecule has 0 amide bonds. The van der Waals surface area contributed by atoms with Crippen LogP contribution in [-0.4, -0.2) is 11.2 Å². The lowest BCUT2D eigenvalue weighted by molar-refractivity contribution is 0.0326. The largest absolute Gasteiger partial charge is 0.393 e. The molecule has 0 aliphatic heterocycles. The molecule has 0 saturated heterocycles. The van der Waals surface area contributed by atoms with Crippen molar-refractivity contribution in [2.45, 2.75) is 51.6 Å². The zero-order valence-corrected chi connectivity index (χ0v) is 11.0. The first-order valence-corrected chi connectivity index (χ1v) is 6.95. The summed E-state index contributed by atoms with van der Waals surface area (Å²) < 4.78 is 0. The predicted octanol–water partition coefficient (Wildman–Crippen LogP) is 3.98. The standard InChI is InChI=1S/C16H24O/c1-3-12(2)15-11-14(9-10-16(15)17)13-7-5-4-6-8-13/h4-8,12,14-17H,3,9-11H2,1-2H3. The maximum atomic E-state index is 10.1. The molecule has 0 bridgehead atoms. The Balaban J connectivity index is 2.08. The van der Waals surface area contributed by atoms with Gasteiger partial charge in [0, 0.05) is 0 Å². The maximum Gasteiger partial charge on any atom is 0.0571 e. The molecule has 1 aromatic carbocycles. The van der Waals surface area contributed by atoms with E-state index in [4.69, 9.17) is 0 Å². The van der Waals surface area contributed by atoms with Gasteiger partial charge in [-0.05, 0) is 42.6 Å². The van der Waals surface area contributed by atoms with Crippen LogP contribution in [0.2, 0.25) is 0 Å². The van der Waals surface area contributed by atoms with Gasteiger partial charge in [0.05, 0.1) is 6.10 Å². The van der Waals surface area contributed by atoms with E-state index in [0.29, 0.717) is 17.8 Å². The topological polar surface area (TPSA) is 20.2 Å². The molecule has 2 rings (SSSR count). The van der Waals surface area contributed by atoms with Gasteiger partial charge in [-0.25, -0.2) is 0 Å². The average Bonchev–Trinajstić information content (AvgIpc) is 2.39. The van der Waals surface area contributed by atoms with E-state index in [1.54, 1.807) is 0 Å². The molecule has 1 saturated carbocycles. The summed E-state index contributed by atoms with van der Waals surface area (Å²) in [6.45, 7) is 4.50. The van der Waals surface area contributed by atoms with E-state index in [9.17, 15) is 5.11 Å². The van der Waals surface area contributed by atoms with Crippen molar-refractivity contribution in [3.8, 4) is 0 Å². The number of aliphatic hydroxyl groups is 1. The molecular formula is C16H24O. The van der Waals surface area contributed by atoms with Crippen molar-refractivity contribution in [2.24, 2.45) is 11.8 Å². The van der Waals surface area contributed by atoms with Crippen molar-refractivity contribution >= 4 is 0 Å². The third kappa shape index (κ3) is 2.90. The van der Waals surface area contributed by atoms with Gasteiger partial charge in [0.2, 0.25) is 0 Å². The predicted molar refractivity (Wildman–Crippen MR) is 72.0 cm³/mol. The zero-order chi connectivity index (χ0) is 12.3. The summed E-state index contributed by atoms with van der Waals surface area (Å²) in [4.78, 5) is 0. The smallest absolute Gasteiger partial charge is 0.0571 e. The van der Waals surface area contributed by atoms with Crippen molar-refractivity contribution in [1.29, 1.82) is 0 Å². The monoisotopic (exact) mass is 232 g/mol. The summed E-state index contributed by atoms with van der Waals surface area (Å²) in [5, 5.41) is 10.1. The van der Waals surface area contributed by atoms with E-state index in [0.717, 1.165) is 19.3 Å². The number of rotatable bonds is 3. The van der Waals surface area contributed by atoms with E-state index in [2.05, 4.69) is 44.2 Å². The van der Waals surface area contributed by atoms with Crippen molar-refractivity contribution in [3.63, 3.8) is 0 Å². The van der Waals surface area contributed by atoms with E-state index in [-0.39, 0.29) is 6.10 Å². The van der Waals surface area contributed by atoms with Crippen molar-refractivity contribution < 1.29 is 5.11 Å². The fraction of sp³-hybridized carbons (Fsp3) is 0.625. The molecule has 94 valence electrons. The SMILES string of the molecule is CCC(C)C1CC(c2ccccc2)CCC1O. The highest BCUT2D eigenvalue weighted by atomic mass is 16.3. The Morgan fingerprint density at radius 3 is 2.59 bits per heavy atom. The Morgan fingerprint density at radius 2 is 1.94 bits per heavy atom. The molecule has 0 heterocycles. The second-order valence-corrected chi connectivity index (χ2v) is 5.54. The van der Waals surface area contributed by atoms with Crippen LogP contribution in [-0.2, 0) is 0 Å². The van der Waals surface area contributed by atoms with Gasteiger partial charge in [-0.15, -0.1) is 0 Å². The van der Waals surface area contributed by atoms with Crippen LogP contribution in [0.4, 0.5) is 0 Å². The molecule has 1 aliphatic carbocycles. The molecule has 1 nitrogen and oxygen atoms in total. The number of aliphatic hydroxyl groups excluding tert-OH is 1. The highest BCUT2D eigenvalue weighted by Crippen LogP contribution is 2.40. The van der Waals surface area contributed by atoms with Gasteiger partial charge in [-0.3, -0.25) is 0 Å². The van der Waals surface area contributed by atoms with E-state index >= 15 is 0 Å². The highest BCUT2D eigenvalue weighted by Gasteiger charge is 2.32. The van der Waals surface area contributed by atoms with Gasteiger partial charge >= 0.3 is 0 Å². The number of hydrogen-bond acceptors (Lipinski definition) is 1. The average molecular weight is 232 g/mol. The third-order valence-corrected chi connectivity index (χ3v) is 4.51. The Morgan fingerprint density at radius 1 is 1.24 bits per heavy atom. The molecule has 4 unspecified atom stereocenters. The molecule has 0 radical (unpaired) electrons.